The van der Waals surface area contributed by atoms with E-state index in [9.17, 15) is 0 Å². The molecule has 0 N–H and O–H groups in total. The van der Waals surface area contributed by atoms with Crippen LogP contribution in [0.3, 0.4) is 0 Å². The summed E-state index contributed by atoms with van der Waals surface area (Å²) in [6.07, 6.45) is 6.45. The lowest BCUT2D eigenvalue weighted by Gasteiger charge is -2.38. The lowest BCUT2D eigenvalue weighted by molar-refractivity contribution is 0.111. The van der Waals surface area contributed by atoms with Crippen molar-refractivity contribution in [2.45, 2.75) is 51.6 Å². The van der Waals surface area contributed by atoms with Crippen LogP contribution in [0.2, 0.25) is 5.02 Å². The van der Waals surface area contributed by atoms with Crippen LogP contribution >= 0.6 is 11.6 Å². The molecular weight excluding hydrogens is 234 g/mol. The number of rotatable bonds is 3. The van der Waals surface area contributed by atoms with E-state index < -0.39 is 0 Å². The third-order valence-electron chi connectivity index (χ3n) is 3.45. The molecule has 1 aliphatic rings. The summed E-state index contributed by atoms with van der Waals surface area (Å²) in [6, 6.07) is 3.13. The number of piperidine rings is 1. The van der Waals surface area contributed by atoms with Crippen LogP contribution in [0.1, 0.15) is 38.8 Å². The molecule has 0 saturated carbocycles. The third kappa shape index (κ3) is 3.39. The van der Waals surface area contributed by atoms with Crippen molar-refractivity contribution in [2.24, 2.45) is 0 Å². The molecule has 0 aliphatic carbocycles. The fourth-order valence-corrected chi connectivity index (χ4v) is 2.82. The minimum Gasteiger partial charge on any atom is -0.298 e. The van der Waals surface area contributed by atoms with E-state index in [4.69, 9.17) is 11.6 Å². The Labute approximate surface area is 108 Å². The van der Waals surface area contributed by atoms with Gasteiger partial charge in [-0.25, -0.2) is 0 Å². The molecule has 3 nitrogen and oxygen atoms in total. The number of halogens is 1. The second-order valence-electron chi connectivity index (χ2n) is 5.05. The van der Waals surface area contributed by atoms with E-state index in [1.807, 2.05) is 6.07 Å². The Morgan fingerprint density at radius 3 is 3.00 bits per heavy atom. The molecule has 1 aromatic rings. The number of hydrogen-bond donors (Lipinski definition) is 0. The highest BCUT2D eigenvalue weighted by atomic mass is 35.5. The summed E-state index contributed by atoms with van der Waals surface area (Å²) in [5, 5.41) is 8.77. The maximum atomic E-state index is 5.95. The molecule has 0 spiro atoms. The van der Waals surface area contributed by atoms with E-state index in [0.717, 1.165) is 12.1 Å². The molecule has 1 atom stereocenters. The number of hydrogen-bond acceptors (Lipinski definition) is 3. The zero-order valence-corrected chi connectivity index (χ0v) is 11.3. The van der Waals surface area contributed by atoms with Crippen molar-refractivity contribution in [1.29, 1.82) is 0 Å². The van der Waals surface area contributed by atoms with E-state index in [1.54, 1.807) is 6.20 Å². The summed E-state index contributed by atoms with van der Waals surface area (Å²) in [5.74, 6) is 0. The van der Waals surface area contributed by atoms with Crippen molar-refractivity contribution in [3.8, 4) is 0 Å². The van der Waals surface area contributed by atoms with Crippen LogP contribution in [0.4, 0.5) is 0 Å². The Kier molecular flexibility index (Phi) is 4.35. The highest BCUT2D eigenvalue weighted by Gasteiger charge is 2.24. The van der Waals surface area contributed by atoms with Crippen molar-refractivity contribution in [2.75, 3.05) is 6.54 Å². The molecule has 0 radical (unpaired) electrons. The van der Waals surface area contributed by atoms with Crippen molar-refractivity contribution >= 4 is 11.6 Å². The maximum Gasteiger partial charge on any atom is 0.0682 e. The van der Waals surface area contributed by atoms with Gasteiger partial charge in [-0.1, -0.05) is 18.0 Å². The van der Waals surface area contributed by atoms with Gasteiger partial charge in [0.25, 0.3) is 0 Å². The molecule has 4 heteroatoms. The normalized spacial score (nSPS) is 22.0. The quantitative estimate of drug-likeness (QED) is 0.830. The minimum atomic E-state index is 0.594. The van der Waals surface area contributed by atoms with Gasteiger partial charge in [0.2, 0.25) is 0 Å². The van der Waals surface area contributed by atoms with Crippen molar-refractivity contribution in [3.63, 3.8) is 0 Å². The summed E-state index contributed by atoms with van der Waals surface area (Å²) in [7, 11) is 0. The van der Waals surface area contributed by atoms with E-state index in [0.29, 0.717) is 17.1 Å². The topological polar surface area (TPSA) is 29.0 Å². The number of aromatic nitrogens is 2. The molecular formula is C13H20ClN3. The molecule has 0 amide bonds. The monoisotopic (exact) mass is 253 g/mol. The Balaban J connectivity index is 2.05. The standard InChI is InChI=1S/C13H20ClN3/c1-10(2)17-6-4-3-5-13(17)8-12-7-11(14)9-15-16-12/h7,9-10,13H,3-6,8H2,1-2H3. The fraction of sp³-hybridized carbons (Fsp3) is 0.692. The van der Waals surface area contributed by atoms with Gasteiger partial charge in [-0.05, 0) is 39.3 Å². The second kappa shape index (κ2) is 5.78. The Morgan fingerprint density at radius 2 is 2.29 bits per heavy atom. The van der Waals surface area contributed by atoms with Crippen LogP contribution < -0.4 is 0 Å². The van der Waals surface area contributed by atoms with Crippen LogP contribution in [0.5, 0.6) is 0 Å². The zero-order chi connectivity index (χ0) is 12.3. The van der Waals surface area contributed by atoms with Crippen molar-refractivity contribution < 1.29 is 0 Å². The van der Waals surface area contributed by atoms with Crippen LogP contribution in [-0.4, -0.2) is 33.7 Å². The predicted molar refractivity (Wildman–Crippen MR) is 70.2 cm³/mol. The molecule has 1 aromatic heterocycles. The second-order valence-corrected chi connectivity index (χ2v) is 5.49. The summed E-state index contributed by atoms with van der Waals surface area (Å²) < 4.78 is 0. The first-order valence-corrected chi connectivity index (χ1v) is 6.77. The highest BCUT2D eigenvalue weighted by molar-refractivity contribution is 6.30. The lowest BCUT2D eigenvalue weighted by atomic mass is 9.96. The highest BCUT2D eigenvalue weighted by Crippen LogP contribution is 2.22. The van der Waals surface area contributed by atoms with Gasteiger partial charge in [-0.2, -0.15) is 10.2 Å². The predicted octanol–water partition coefficient (Wildman–Crippen LogP) is 2.94. The molecule has 2 rings (SSSR count). The molecule has 2 heterocycles. The average molecular weight is 254 g/mol. The van der Waals surface area contributed by atoms with E-state index in [-0.39, 0.29) is 0 Å². The zero-order valence-electron chi connectivity index (χ0n) is 10.6. The first kappa shape index (κ1) is 12.8. The van der Waals surface area contributed by atoms with Gasteiger partial charge in [0.1, 0.15) is 0 Å². The van der Waals surface area contributed by atoms with Gasteiger partial charge in [0.15, 0.2) is 0 Å². The molecule has 0 bridgehead atoms. The number of nitrogens with zero attached hydrogens (tertiary/aromatic N) is 3. The maximum absolute atomic E-state index is 5.95. The van der Waals surface area contributed by atoms with E-state index in [1.165, 1.54) is 25.8 Å². The van der Waals surface area contributed by atoms with E-state index >= 15 is 0 Å². The molecule has 94 valence electrons. The summed E-state index contributed by atoms with van der Waals surface area (Å²) >= 11 is 5.95. The van der Waals surface area contributed by atoms with Crippen LogP contribution in [-0.2, 0) is 6.42 Å². The van der Waals surface area contributed by atoms with Gasteiger partial charge in [0, 0.05) is 18.5 Å². The molecule has 1 saturated heterocycles. The first-order chi connectivity index (χ1) is 8.16. The van der Waals surface area contributed by atoms with Gasteiger partial charge in [0.05, 0.1) is 16.9 Å². The molecule has 1 unspecified atom stereocenters. The van der Waals surface area contributed by atoms with Gasteiger partial charge >= 0.3 is 0 Å². The van der Waals surface area contributed by atoms with Gasteiger partial charge in [-0.15, -0.1) is 0 Å². The first-order valence-electron chi connectivity index (χ1n) is 6.39. The molecule has 1 aliphatic heterocycles. The van der Waals surface area contributed by atoms with Crippen molar-refractivity contribution in [3.05, 3.63) is 23.0 Å². The number of likely N-dealkylation sites (tertiary alicyclic amines) is 1. The molecule has 17 heavy (non-hydrogen) atoms. The summed E-state index contributed by atoms with van der Waals surface area (Å²) in [4.78, 5) is 2.58. The van der Waals surface area contributed by atoms with Crippen LogP contribution in [0.15, 0.2) is 12.3 Å². The average Bonchev–Trinajstić information content (AvgIpc) is 2.29. The lowest BCUT2D eigenvalue weighted by Crippen LogP contribution is -2.45. The molecule has 0 aromatic carbocycles. The SMILES string of the molecule is CC(C)N1CCCCC1Cc1cc(Cl)cnn1. The summed E-state index contributed by atoms with van der Waals surface area (Å²) in [5.41, 5.74) is 1.01. The van der Waals surface area contributed by atoms with E-state index in [2.05, 4.69) is 28.9 Å². The van der Waals surface area contributed by atoms with Gasteiger partial charge < -0.3 is 0 Å². The molecule has 1 fully saturated rings. The summed E-state index contributed by atoms with van der Waals surface area (Å²) in [6.45, 7) is 5.74. The Bertz CT molecular complexity index is 367. The van der Waals surface area contributed by atoms with Crippen LogP contribution in [0, 0.1) is 0 Å². The Hall–Kier alpha value is -0.670. The van der Waals surface area contributed by atoms with Gasteiger partial charge in [-0.3, -0.25) is 4.90 Å². The largest absolute Gasteiger partial charge is 0.298 e. The smallest absolute Gasteiger partial charge is 0.0682 e. The minimum absolute atomic E-state index is 0.594. The van der Waals surface area contributed by atoms with Crippen LogP contribution in [0.25, 0.3) is 0 Å². The Morgan fingerprint density at radius 1 is 1.47 bits per heavy atom. The van der Waals surface area contributed by atoms with Crippen molar-refractivity contribution in [1.82, 2.24) is 15.1 Å². The fourth-order valence-electron chi connectivity index (χ4n) is 2.65. The third-order valence-corrected chi connectivity index (χ3v) is 3.66.